The number of benzene rings is 1. The number of halogens is 7. The van der Waals surface area contributed by atoms with Gasteiger partial charge in [0.25, 0.3) is 0 Å². The standard InChI is InChI=1S/C17H15ClF6N2.C6H12O/c1-16(20,21)4-5-25-15(14-3-2-12(18)9-26-14)10-6-11(17(22,23)24)8-13(19)7-10;1-5(2)7-6(3)4/h2-3,6-9,15,25H,4-5H2,1H3;6H,1H2,2-4H3/t15-;/m0./s1. The van der Waals surface area contributed by atoms with Gasteiger partial charge in [-0.25, -0.2) is 13.2 Å². The van der Waals surface area contributed by atoms with E-state index in [9.17, 15) is 26.3 Å². The maximum absolute atomic E-state index is 13.7. The monoisotopic (exact) mass is 496 g/mol. The van der Waals surface area contributed by atoms with Crippen LogP contribution in [0.1, 0.15) is 57.0 Å². The minimum absolute atomic E-state index is 0.0773. The fourth-order valence-electron chi connectivity index (χ4n) is 2.73. The summed E-state index contributed by atoms with van der Waals surface area (Å²) < 4.78 is 83.7. The van der Waals surface area contributed by atoms with Crippen LogP contribution in [0.25, 0.3) is 0 Å². The predicted octanol–water partition coefficient (Wildman–Crippen LogP) is 7.56. The zero-order chi connectivity index (χ0) is 25.4. The van der Waals surface area contributed by atoms with Crippen LogP contribution >= 0.6 is 11.6 Å². The minimum atomic E-state index is -4.74. The molecule has 1 N–H and O–H groups in total. The highest BCUT2D eigenvalue weighted by Crippen LogP contribution is 2.33. The Bertz CT molecular complexity index is 895. The normalized spacial score (nSPS) is 12.7. The molecule has 3 nitrogen and oxygen atoms in total. The number of hydrogen-bond acceptors (Lipinski definition) is 3. The fraction of sp³-hybridized carbons (Fsp3) is 0.435. The van der Waals surface area contributed by atoms with Crippen LogP contribution in [0.4, 0.5) is 26.3 Å². The van der Waals surface area contributed by atoms with E-state index in [1.807, 2.05) is 20.8 Å². The van der Waals surface area contributed by atoms with E-state index in [0.29, 0.717) is 11.1 Å². The molecule has 2 aromatic rings. The molecule has 33 heavy (non-hydrogen) atoms. The molecule has 10 heteroatoms. The number of hydrogen-bond donors (Lipinski definition) is 1. The van der Waals surface area contributed by atoms with Crippen LogP contribution in [0.2, 0.25) is 5.02 Å². The molecule has 0 fully saturated rings. The Balaban J connectivity index is 0.000000675. The van der Waals surface area contributed by atoms with Crippen LogP contribution in [-0.2, 0) is 10.9 Å². The molecule has 0 bridgehead atoms. The molecule has 0 aliphatic rings. The van der Waals surface area contributed by atoms with E-state index in [1.165, 1.54) is 18.3 Å². The Kier molecular flexibility index (Phi) is 10.7. The van der Waals surface area contributed by atoms with Crippen LogP contribution in [0.3, 0.4) is 0 Å². The second-order valence-corrected chi connectivity index (χ2v) is 8.18. The maximum atomic E-state index is 13.7. The molecule has 1 atom stereocenters. The topological polar surface area (TPSA) is 34.1 Å². The lowest BCUT2D eigenvalue weighted by Gasteiger charge is -2.21. The van der Waals surface area contributed by atoms with Gasteiger partial charge in [-0.3, -0.25) is 4.98 Å². The van der Waals surface area contributed by atoms with Gasteiger partial charge in [0, 0.05) is 19.2 Å². The van der Waals surface area contributed by atoms with E-state index in [-0.39, 0.29) is 23.9 Å². The molecule has 0 amide bonds. The molecule has 184 valence electrons. The summed E-state index contributed by atoms with van der Waals surface area (Å²) in [5.41, 5.74) is -1.02. The Labute approximate surface area is 194 Å². The quantitative estimate of drug-likeness (QED) is 0.302. The Morgan fingerprint density at radius 3 is 2.21 bits per heavy atom. The summed E-state index contributed by atoms with van der Waals surface area (Å²) in [7, 11) is 0. The van der Waals surface area contributed by atoms with Crippen LogP contribution < -0.4 is 5.32 Å². The Morgan fingerprint density at radius 1 is 1.15 bits per heavy atom. The highest BCUT2D eigenvalue weighted by Gasteiger charge is 2.32. The van der Waals surface area contributed by atoms with Crippen molar-refractivity contribution < 1.29 is 31.1 Å². The second kappa shape index (κ2) is 12.3. The van der Waals surface area contributed by atoms with Crippen molar-refractivity contribution in [2.75, 3.05) is 6.54 Å². The van der Waals surface area contributed by atoms with Crippen molar-refractivity contribution in [3.63, 3.8) is 0 Å². The Hall–Kier alpha value is -2.26. The zero-order valence-electron chi connectivity index (χ0n) is 18.7. The number of aromatic nitrogens is 1. The highest BCUT2D eigenvalue weighted by atomic mass is 35.5. The van der Waals surface area contributed by atoms with Crippen molar-refractivity contribution in [3.05, 3.63) is 76.5 Å². The molecule has 0 aliphatic heterocycles. The first-order valence-corrected chi connectivity index (χ1v) is 10.4. The molecule has 0 radical (unpaired) electrons. The van der Waals surface area contributed by atoms with Crippen LogP contribution in [0, 0.1) is 5.82 Å². The van der Waals surface area contributed by atoms with E-state index in [2.05, 4.69) is 16.9 Å². The maximum Gasteiger partial charge on any atom is 0.416 e. The summed E-state index contributed by atoms with van der Waals surface area (Å²) in [6, 6.07) is 3.93. The van der Waals surface area contributed by atoms with Crippen molar-refractivity contribution in [2.45, 2.75) is 58.4 Å². The summed E-state index contributed by atoms with van der Waals surface area (Å²) in [5, 5.41) is 3.01. The van der Waals surface area contributed by atoms with Gasteiger partial charge in [-0.15, -0.1) is 0 Å². The number of rotatable bonds is 8. The van der Waals surface area contributed by atoms with Crippen molar-refractivity contribution in [1.82, 2.24) is 10.3 Å². The lowest BCUT2D eigenvalue weighted by atomic mass is 9.99. The smallest absolute Gasteiger partial charge is 0.416 e. The average molecular weight is 497 g/mol. The summed E-state index contributed by atoms with van der Waals surface area (Å²) in [5.74, 6) is -3.25. The van der Waals surface area contributed by atoms with Gasteiger partial charge in [0.1, 0.15) is 5.82 Å². The number of nitrogens with zero attached hydrogens (tertiary/aromatic N) is 1. The average Bonchev–Trinajstić information content (AvgIpc) is 2.63. The molecule has 0 spiro atoms. The number of pyridine rings is 1. The summed E-state index contributed by atoms with van der Waals surface area (Å²) in [6.07, 6.45) is -3.74. The molecule has 0 unspecified atom stereocenters. The van der Waals surface area contributed by atoms with Gasteiger partial charge in [0.15, 0.2) is 0 Å². The molecule has 0 aliphatic carbocycles. The molecule has 1 aromatic heterocycles. The molecule has 0 saturated heterocycles. The highest BCUT2D eigenvalue weighted by molar-refractivity contribution is 6.30. The SMILES string of the molecule is C=C(C)OC(C)C.CC(F)(F)CCN[C@@H](c1cc(F)cc(C(F)(F)F)c1)c1ccc(Cl)cn1. The van der Waals surface area contributed by atoms with Crippen molar-refractivity contribution in [2.24, 2.45) is 0 Å². The summed E-state index contributed by atoms with van der Waals surface area (Å²) in [6.45, 7) is 9.90. The zero-order valence-corrected chi connectivity index (χ0v) is 19.5. The van der Waals surface area contributed by atoms with Crippen molar-refractivity contribution in [1.29, 1.82) is 0 Å². The molecule has 1 aromatic carbocycles. The first-order valence-electron chi connectivity index (χ1n) is 10.0. The fourth-order valence-corrected chi connectivity index (χ4v) is 2.84. The molecule has 2 rings (SSSR count). The summed E-state index contributed by atoms with van der Waals surface area (Å²) >= 11 is 5.75. The van der Waals surface area contributed by atoms with Gasteiger partial charge >= 0.3 is 6.18 Å². The second-order valence-electron chi connectivity index (χ2n) is 7.75. The largest absolute Gasteiger partial charge is 0.496 e. The van der Waals surface area contributed by atoms with E-state index in [1.54, 1.807) is 0 Å². The minimum Gasteiger partial charge on any atom is -0.496 e. The lowest BCUT2D eigenvalue weighted by molar-refractivity contribution is -0.137. The first kappa shape index (κ1) is 28.8. The van der Waals surface area contributed by atoms with Gasteiger partial charge < -0.3 is 10.1 Å². The van der Waals surface area contributed by atoms with Gasteiger partial charge in [0.2, 0.25) is 5.92 Å². The van der Waals surface area contributed by atoms with Crippen molar-refractivity contribution >= 4 is 11.6 Å². The summed E-state index contributed by atoms with van der Waals surface area (Å²) in [4.78, 5) is 4.01. The third-order valence-corrected chi connectivity index (χ3v) is 4.20. The Morgan fingerprint density at radius 2 is 1.79 bits per heavy atom. The van der Waals surface area contributed by atoms with E-state index in [4.69, 9.17) is 16.3 Å². The lowest BCUT2D eigenvalue weighted by Crippen LogP contribution is -2.28. The number of alkyl halides is 5. The molecular weight excluding hydrogens is 470 g/mol. The van der Waals surface area contributed by atoms with Crippen LogP contribution in [0.5, 0.6) is 0 Å². The van der Waals surface area contributed by atoms with E-state index in [0.717, 1.165) is 24.8 Å². The third kappa shape index (κ3) is 11.4. The molecule has 0 saturated carbocycles. The van der Waals surface area contributed by atoms with Gasteiger partial charge in [-0.05, 0) is 63.6 Å². The van der Waals surface area contributed by atoms with Crippen molar-refractivity contribution in [3.8, 4) is 0 Å². The van der Waals surface area contributed by atoms with E-state index >= 15 is 0 Å². The van der Waals surface area contributed by atoms with Gasteiger partial charge in [0.05, 0.1) is 34.2 Å². The predicted molar refractivity (Wildman–Crippen MR) is 117 cm³/mol. The number of allylic oxidation sites excluding steroid dienone is 1. The first-order chi connectivity index (χ1) is 15.1. The van der Waals surface area contributed by atoms with Gasteiger partial charge in [-0.2, -0.15) is 13.2 Å². The van der Waals surface area contributed by atoms with E-state index < -0.39 is 35.9 Å². The number of ether oxygens (including phenoxy) is 1. The van der Waals surface area contributed by atoms with Gasteiger partial charge in [-0.1, -0.05) is 18.2 Å². The van der Waals surface area contributed by atoms with Crippen LogP contribution in [-0.4, -0.2) is 23.6 Å². The molecule has 1 heterocycles. The van der Waals surface area contributed by atoms with Crippen LogP contribution in [0.15, 0.2) is 48.9 Å². The molecular formula is C23H27ClF6N2O. The third-order valence-electron chi connectivity index (χ3n) is 3.98. The number of nitrogens with one attached hydrogen (secondary N) is 1.